The van der Waals surface area contributed by atoms with Crippen molar-refractivity contribution in [2.45, 2.75) is 76.5 Å². The maximum Gasteiger partial charge on any atom is 0.163 e. The summed E-state index contributed by atoms with van der Waals surface area (Å²) in [6.45, 7) is 9.85. The number of hydrogen-bond donors (Lipinski definition) is 3. The van der Waals surface area contributed by atoms with E-state index < -0.39 is 0 Å². The Kier molecular flexibility index (Phi) is 5.30. The summed E-state index contributed by atoms with van der Waals surface area (Å²) in [5.74, 6) is 1.43. The Balaban J connectivity index is 1.55. The van der Waals surface area contributed by atoms with Gasteiger partial charge in [0.25, 0.3) is 0 Å². The minimum Gasteiger partial charge on any atom is -0.382 e. The summed E-state index contributed by atoms with van der Waals surface area (Å²) in [6.07, 6.45) is 9.61. The van der Waals surface area contributed by atoms with Gasteiger partial charge in [0, 0.05) is 18.4 Å². The number of nitrogens with two attached hydrogens (primary N) is 2. The Morgan fingerprint density at radius 1 is 1.20 bits per heavy atom. The fraction of sp³-hybridized carbons (Fsp3) is 0.842. The Bertz CT molecular complexity index is 530. The average Bonchev–Trinajstić information content (AvgIpc) is 2.61. The van der Waals surface area contributed by atoms with E-state index >= 15 is 0 Å². The molecule has 1 atom stereocenters. The van der Waals surface area contributed by atoms with Crippen LogP contribution in [0.15, 0.2) is 16.6 Å². The molecular formula is C19H35N5O. The van der Waals surface area contributed by atoms with Gasteiger partial charge in [0.1, 0.15) is 5.82 Å². The van der Waals surface area contributed by atoms with Crippen LogP contribution < -0.4 is 16.8 Å². The molecule has 2 aliphatic heterocycles. The first-order valence-electron chi connectivity index (χ1n) is 9.81. The lowest BCUT2D eigenvalue weighted by molar-refractivity contribution is -0.0306. The smallest absolute Gasteiger partial charge is 0.163 e. The zero-order chi connectivity index (χ0) is 18.1. The molecule has 3 rings (SSSR count). The highest BCUT2D eigenvalue weighted by atomic mass is 16.5. The molecule has 0 amide bonds. The number of ether oxygens (including phenoxy) is 1. The Morgan fingerprint density at radius 2 is 1.84 bits per heavy atom. The zero-order valence-electron chi connectivity index (χ0n) is 16.1. The van der Waals surface area contributed by atoms with E-state index in [0.29, 0.717) is 29.2 Å². The Labute approximate surface area is 152 Å². The van der Waals surface area contributed by atoms with Crippen molar-refractivity contribution in [3.63, 3.8) is 0 Å². The van der Waals surface area contributed by atoms with Crippen LogP contribution in [0.5, 0.6) is 0 Å². The molecule has 3 aliphatic rings. The van der Waals surface area contributed by atoms with Gasteiger partial charge in [0.2, 0.25) is 0 Å². The molecule has 25 heavy (non-hydrogen) atoms. The molecule has 0 aromatic rings. The first-order valence-corrected chi connectivity index (χ1v) is 9.81. The summed E-state index contributed by atoms with van der Waals surface area (Å²) in [7, 11) is 0. The topological polar surface area (TPSA) is 88.9 Å². The van der Waals surface area contributed by atoms with E-state index in [1.54, 1.807) is 0 Å². The first-order chi connectivity index (χ1) is 11.9. The highest BCUT2D eigenvalue weighted by Gasteiger charge is 2.42. The van der Waals surface area contributed by atoms with Crippen molar-refractivity contribution in [1.29, 1.82) is 0 Å². The van der Waals surface area contributed by atoms with Crippen LogP contribution in [0, 0.1) is 5.92 Å². The van der Waals surface area contributed by atoms with Gasteiger partial charge in [-0.3, -0.25) is 4.90 Å². The van der Waals surface area contributed by atoms with Crippen molar-refractivity contribution >= 4 is 6.21 Å². The Morgan fingerprint density at radius 3 is 2.40 bits per heavy atom. The summed E-state index contributed by atoms with van der Waals surface area (Å²) in [5.41, 5.74) is 11.9. The first kappa shape index (κ1) is 18.5. The zero-order valence-corrected chi connectivity index (χ0v) is 16.1. The molecular weight excluding hydrogens is 314 g/mol. The molecule has 1 aliphatic carbocycles. The highest BCUT2D eigenvalue weighted by molar-refractivity contribution is 5.73. The van der Waals surface area contributed by atoms with Gasteiger partial charge in [-0.25, -0.2) is 4.99 Å². The summed E-state index contributed by atoms with van der Waals surface area (Å²) in [4.78, 5) is 7.02. The van der Waals surface area contributed by atoms with Gasteiger partial charge in [0.05, 0.1) is 11.6 Å². The minimum absolute atomic E-state index is 0.188. The molecule has 1 saturated heterocycles. The third-order valence-corrected chi connectivity index (χ3v) is 6.67. The van der Waals surface area contributed by atoms with Crippen molar-refractivity contribution in [1.82, 2.24) is 10.2 Å². The van der Waals surface area contributed by atoms with Crippen LogP contribution in [0.3, 0.4) is 0 Å². The predicted octanol–water partition coefficient (Wildman–Crippen LogP) is 1.91. The van der Waals surface area contributed by atoms with Crippen LogP contribution >= 0.6 is 0 Å². The van der Waals surface area contributed by atoms with Crippen LogP contribution in [0.25, 0.3) is 0 Å². The molecule has 142 valence electrons. The third-order valence-electron chi connectivity index (χ3n) is 6.67. The van der Waals surface area contributed by atoms with Crippen LogP contribution in [0.4, 0.5) is 0 Å². The van der Waals surface area contributed by atoms with Crippen LogP contribution in [-0.2, 0) is 4.74 Å². The van der Waals surface area contributed by atoms with E-state index in [1.807, 2.05) is 6.21 Å². The molecule has 0 aromatic carbocycles. The van der Waals surface area contributed by atoms with Gasteiger partial charge >= 0.3 is 0 Å². The maximum absolute atomic E-state index is 5.97. The SMILES string of the molecule is CCOC1CCC(C)(N2CCC(C3(C)C=NC(N)=C(N)N3)CC2)CC1. The molecule has 2 heterocycles. The van der Waals surface area contributed by atoms with E-state index in [-0.39, 0.29) is 5.54 Å². The van der Waals surface area contributed by atoms with Crippen molar-refractivity contribution in [2.75, 3.05) is 19.7 Å². The largest absolute Gasteiger partial charge is 0.382 e. The molecule has 1 saturated carbocycles. The lowest BCUT2D eigenvalue weighted by Crippen LogP contribution is -2.59. The molecule has 5 N–H and O–H groups in total. The second kappa shape index (κ2) is 7.16. The normalized spacial score (nSPS) is 38.0. The van der Waals surface area contributed by atoms with Gasteiger partial charge in [-0.05, 0) is 78.3 Å². The fourth-order valence-electron chi connectivity index (χ4n) is 4.82. The summed E-state index contributed by atoms with van der Waals surface area (Å²) < 4.78 is 5.82. The van der Waals surface area contributed by atoms with Crippen LogP contribution in [0.2, 0.25) is 0 Å². The number of hydrogen-bond acceptors (Lipinski definition) is 6. The monoisotopic (exact) mass is 349 g/mol. The van der Waals surface area contributed by atoms with Gasteiger partial charge in [-0.1, -0.05) is 0 Å². The standard InChI is InChI=1S/C19H35N5O/c1-4-25-15-5-9-18(2,10-6-15)24-11-7-14(8-12-24)19(3)13-22-16(20)17(21)23-19/h13-15,23H,4-12,20-21H2,1-3H3. The van der Waals surface area contributed by atoms with Gasteiger partial charge in [-0.15, -0.1) is 0 Å². The van der Waals surface area contributed by atoms with E-state index in [2.05, 4.69) is 36.0 Å². The van der Waals surface area contributed by atoms with Crippen molar-refractivity contribution in [3.05, 3.63) is 11.6 Å². The van der Waals surface area contributed by atoms with Crippen LogP contribution in [0.1, 0.15) is 59.3 Å². The maximum atomic E-state index is 5.97. The lowest BCUT2D eigenvalue weighted by Gasteiger charge is -2.50. The second-order valence-corrected chi connectivity index (χ2v) is 8.38. The van der Waals surface area contributed by atoms with Crippen molar-refractivity contribution in [3.8, 4) is 0 Å². The van der Waals surface area contributed by atoms with E-state index in [0.717, 1.165) is 32.5 Å². The number of nitrogens with one attached hydrogen (secondary N) is 1. The number of rotatable bonds is 4. The number of piperidine rings is 1. The third kappa shape index (κ3) is 3.80. The molecule has 1 unspecified atom stereocenters. The van der Waals surface area contributed by atoms with E-state index in [4.69, 9.17) is 16.2 Å². The highest BCUT2D eigenvalue weighted by Crippen LogP contribution is 2.38. The molecule has 6 nitrogen and oxygen atoms in total. The molecule has 0 bridgehead atoms. The number of aliphatic imine (C=N–C) groups is 1. The van der Waals surface area contributed by atoms with Crippen molar-refractivity contribution in [2.24, 2.45) is 22.4 Å². The fourth-order valence-corrected chi connectivity index (χ4v) is 4.82. The number of nitrogens with zero attached hydrogens (tertiary/aromatic N) is 2. The van der Waals surface area contributed by atoms with E-state index in [1.165, 1.54) is 25.7 Å². The molecule has 0 spiro atoms. The van der Waals surface area contributed by atoms with Crippen LogP contribution in [-0.4, -0.2) is 48.0 Å². The molecule has 6 heteroatoms. The summed E-state index contributed by atoms with van der Waals surface area (Å²) >= 11 is 0. The molecule has 2 fully saturated rings. The predicted molar refractivity (Wildman–Crippen MR) is 102 cm³/mol. The van der Waals surface area contributed by atoms with Gasteiger partial charge in [0.15, 0.2) is 5.82 Å². The summed E-state index contributed by atoms with van der Waals surface area (Å²) in [6, 6.07) is 0. The Hall–Kier alpha value is -1.27. The quantitative estimate of drug-likeness (QED) is 0.721. The van der Waals surface area contributed by atoms with Gasteiger partial charge in [-0.2, -0.15) is 0 Å². The van der Waals surface area contributed by atoms with Crippen molar-refractivity contribution < 1.29 is 4.74 Å². The molecule has 0 aromatic heterocycles. The minimum atomic E-state index is -0.188. The summed E-state index contributed by atoms with van der Waals surface area (Å²) in [5, 5.41) is 3.38. The number of likely N-dealkylation sites (tertiary alicyclic amines) is 1. The molecule has 0 radical (unpaired) electrons. The van der Waals surface area contributed by atoms with Gasteiger partial charge < -0.3 is 21.5 Å². The van der Waals surface area contributed by atoms with E-state index in [9.17, 15) is 0 Å². The second-order valence-electron chi connectivity index (χ2n) is 8.38. The average molecular weight is 350 g/mol. The lowest BCUT2D eigenvalue weighted by atomic mass is 9.75.